The second-order valence-electron chi connectivity index (χ2n) is 8.43. The first-order chi connectivity index (χ1) is 14.7. The zero-order valence-corrected chi connectivity index (χ0v) is 19.5. The van der Waals surface area contributed by atoms with Crippen LogP contribution in [0.5, 0.6) is 5.75 Å². The molecule has 0 radical (unpaired) electrons. The highest BCUT2D eigenvalue weighted by atomic mass is 16.7. The third kappa shape index (κ3) is 6.68. The summed E-state index contributed by atoms with van der Waals surface area (Å²) in [4.78, 5) is 24.0. The molecule has 1 aliphatic rings. The summed E-state index contributed by atoms with van der Waals surface area (Å²) in [7, 11) is 1.33. The summed E-state index contributed by atoms with van der Waals surface area (Å²) >= 11 is 0. The molecule has 1 heterocycles. The predicted molar refractivity (Wildman–Crippen MR) is 115 cm³/mol. The van der Waals surface area contributed by atoms with Crippen LogP contribution in [0, 0.1) is 17.8 Å². The van der Waals surface area contributed by atoms with E-state index in [9.17, 15) is 9.59 Å². The Bertz CT molecular complexity index is 717. The van der Waals surface area contributed by atoms with E-state index in [1.165, 1.54) is 14.0 Å². The summed E-state index contributed by atoms with van der Waals surface area (Å²) in [6.45, 7) is 10.6. The summed E-state index contributed by atoms with van der Waals surface area (Å²) in [5.41, 5.74) is 0.895. The monoisotopic (exact) mass is 436 g/mol. The van der Waals surface area contributed by atoms with Crippen molar-refractivity contribution in [2.75, 3.05) is 20.3 Å². The van der Waals surface area contributed by atoms with E-state index in [2.05, 4.69) is 20.8 Å². The number of ether oxygens (including phenoxy) is 5. The van der Waals surface area contributed by atoms with Gasteiger partial charge in [-0.2, -0.15) is 0 Å². The highest BCUT2D eigenvalue weighted by Crippen LogP contribution is 2.41. The van der Waals surface area contributed by atoms with Crippen LogP contribution in [0.4, 0.5) is 0 Å². The number of carbonyl (C=O) groups excluding carboxylic acids is 2. The van der Waals surface area contributed by atoms with E-state index in [1.807, 2.05) is 31.2 Å². The molecule has 0 bridgehead atoms. The van der Waals surface area contributed by atoms with E-state index in [1.54, 1.807) is 0 Å². The van der Waals surface area contributed by atoms with Crippen LogP contribution in [0.2, 0.25) is 0 Å². The second kappa shape index (κ2) is 11.5. The lowest BCUT2D eigenvalue weighted by Gasteiger charge is -2.46. The van der Waals surface area contributed by atoms with Crippen molar-refractivity contribution >= 4 is 11.9 Å². The van der Waals surface area contributed by atoms with Gasteiger partial charge in [0.1, 0.15) is 5.75 Å². The number of rotatable bonds is 10. The van der Waals surface area contributed by atoms with E-state index in [4.69, 9.17) is 23.7 Å². The molecule has 0 N–H and O–H groups in total. The van der Waals surface area contributed by atoms with E-state index in [0.717, 1.165) is 17.7 Å². The van der Waals surface area contributed by atoms with Crippen LogP contribution in [0.1, 0.15) is 53.0 Å². The molecule has 1 fully saturated rings. The fourth-order valence-corrected chi connectivity index (χ4v) is 3.83. The molecule has 0 aromatic heterocycles. The Morgan fingerprint density at radius 3 is 2.48 bits per heavy atom. The smallest absolute Gasteiger partial charge is 0.366 e. The fourth-order valence-electron chi connectivity index (χ4n) is 3.83. The number of hydrogen-bond acceptors (Lipinski definition) is 7. The third-order valence-electron chi connectivity index (χ3n) is 5.81. The molecule has 5 atom stereocenters. The average molecular weight is 437 g/mol. The molecular formula is C24H36O7. The number of hydrogen-bond donors (Lipinski definition) is 0. The average Bonchev–Trinajstić information content (AvgIpc) is 2.76. The van der Waals surface area contributed by atoms with Crippen LogP contribution < -0.4 is 4.74 Å². The van der Waals surface area contributed by atoms with Crippen LogP contribution in [-0.4, -0.2) is 44.2 Å². The first-order valence-corrected chi connectivity index (χ1v) is 11.0. The van der Waals surface area contributed by atoms with Crippen molar-refractivity contribution in [1.29, 1.82) is 0 Å². The van der Waals surface area contributed by atoms with Crippen molar-refractivity contribution < 1.29 is 33.3 Å². The lowest BCUT2D eigenvalue weighted by atomic mass is 9.78. The molecule has 1 aliphatic heterocycles. The van der Waals surface area contributed by atoms with Crippen molar-refractivity contribution in [3.8, 4) is 5.75 Å². The maximum absolute atomic E-state index is 12.8. The molecule has 2 unspecified atom stereocenters. The number of benzene rings is 1. The molecule has 2 rings (SSSR count). The number of esters is 2. The van der Waals surface area contributed by atoms with E-state index < -0.39 is 11.8 Å². The minimum atomic E-state index is -1.51. The Morgan fingerprint density at radius 1 is 1.23 bits per heavy atom. The fraction of sp³-hybridized carbons (Fsp3) is 0.667. The largest absolute Gasteiger partial charge is 0.494 e. The molecule has 174 valence electrons. The van der Waals surface area contributed by atoms with Crippen LogP contribution >= 0.6 is 0 Å². The standard InChI is InChI=1S/C24H36O7/c1-7-12-28-21-10-8-20(9-11-21)15-30-24(23(26)27-6)13-16(2)18(4)22(31-24)17(3)14-29-19(5)25/h8-11,16-18,22H,7,12-15H2,1-6H3/t16?,17-,18-,22?,24-/m1/s1. The minimum Gasteiger partial charge on any atom is -0.494 e. The first-order valence-electron chi connectivity index (χ1n) is 11.0. The molecule has 1 saturated heterocycles. The first kappa shape index (κ1) is 25.1. The summed E-state index contributed by atoms with van der Waals surface area (Å²) in [5, 5.41) is 0. The molecule has 7 nitrogen and oxygen atoms in total. The molecule has 0 spiro atoms. The van der Waals surface area contributed by atoms with Gasteiger partial charge in [0.15, 0.2) is 0 Å². The number of methoxy groups -OCH3 is 1. The molecule has 7 heteroatoms. The van der Waals surface area contributed by atoms with Gasteiger partial charge in [0.2, 0.25) is 0 Å². The van der Waals surface area contributed by atoms with Crippen LogP contribution in [0.3, 0.4) is 0 Å². The summed E-state index contributed by atoms with van der Waals surface area (Å²) < 4.78 is 28.2. The van der Waals surface area contributed by atoms with Crippen molar-refractivity contribution in [1.82, 2.24) is 0 Å². The van der Waals surface area contributed by atoms with E-state index >= 15 is 0 Å². The zero-order valence-electron chi connectivity index (χ0n) is 19.5. The highest BCUT2D eigenvalue weighted by Gasteiger charge is 2.52. The molecule has 0 amide bonds. The van der Waals surface area contributed by atoms with Gasteiger partial charge in [-0.3, -0.25) is 4.79 Å². The van der Waals surface area contributed by atoms with Gasteiger partial charge in [-0.1, -0.05) is 39.8 Å². The van der Waals surface area contributed by atoms with Gasteiger partial charge in [0.05, 0.1) is 33.0 Å². The summed E-state index contributed by atoms with van der Waals surface area (Å²) in [6.07, 6.45) is 0.999. The number of carbonyl (C=O) groups is 2. The van der Waals surface area contributed by atoms with Gasteiger partial charge in [-0.15, -0.1) is 0 Å². The van der Waals surface area contributed by atoms with Gasteiger partial charge in [0.25, 0.3) is 5.79 Å². The Kier molecular flexibility index (Phi) is 9.32. The lowest BCUT2D eigenvalue weighted by Crippen LogP contribution is -2.56. The van der Waals surface area contributed by atoms with Crippen molar-refractivity contribution in [2.45, 2.75) is 66.0 Å². The zero-order chi connectivity index (χ0) is 23.0. The summed E-state index contributed by atoms with van der Waals surface area (Å²) in [5.74, 6) is -1.42. The summed E-state index contributed by atoms with van der Waals surface area (Å²) in [6, 6.07) is 7.59. The van der Waals surface area contributed by atoms with Gasteiger partial charge >= 0.3 is 11.9 Å². The van der Waals surface area contributed by atoms with Crippen LogP contribution in [0.15, 0.2) is 24.3 Å². The van der Waals surface area contributed by atoms with E-state index in [0.29, 0.717) is 13.0 Å². The van der Waals surface area contributed by atoms with Crippen LogP contribution in [0.25, 0.3) is 0 Å². The Balaban J connectivity index is 2.15. The Labute approximate surface area is 185 Å². The quantitative estimate of drug-likeness (QED) is 0.510. The Hall–Kier alpha value is -2.12. The van der Waals surface area contributed by atoms with Crippen molar-refractivity contribution in [3.05, 3.63) is 29.8 Å². The SMILES string of the molecule is CCCOc1ccc(CO[C@]2(C(=O)OC)CC(C)[C@@H](C)C([C@H](C)COC(C)=O)O2)cc1. The molecule has 0 saturated carbocycles. The highest BCUT2D eigenvalue weighted by molar-refractivity contribution is 5.78. The minimum absolute atomic E-state index is 0.107. The topological polar surface area (TPSA) is 80.3 Å². The Morgan fingerprint density at radius 2 is 1.90 bits per heavy atom. The molecular weight excluding hydrogens is 400 g/mol. The van der Waals surface area contributed by atoms with Gasteiger partial charge in [-0.05, 0) is 36.0 Å². The second-order valence-corrected chi connectivity index (χ2v) is 8.43. The van der Waals surface area contributed by atoms with Crippen molar-refractivity contribution in [3.63, 3.8) is 0 Å². The van der Waals surface area contributed by atoms with Gasteiger partial charge in [0, 0.05) is 19.3 Å². The predicted octanol–water partition coefficient (Wildman–Crippen LogP) is 4.12. The van der Waals surface area contributed by atoms with E-state index in [-0.39, 0.29) is 43.0 Å². The van der Waals surface area contributed by atoms with Gasteiger partial charge < -0.3 is 23.7 Å². The molecule has 1 aromatic carbocycles. The van der Waals surface area contributed by atoms with Crippen LogP contribution in [-0.2, 0) is 35.1 Å². The third-order valence-corrected chi connectivity index (χ3v) is 5.81. The molecule has 0 aliphatic carbocycles. The maximum Gasteiger partial charge on any atom is 0.366 e. The maximum atomic E-state index is 12.8. The molecule has 1 aromatic rings. The lowest BCUT2D eigenvalue weighted by molar-refractivity contribution is -0.307. The van der Waals surface area contributed by atoms with Gasteiger partial charge in [-0.25, -0.2) is 4.79 Å². The molecule has 31 heavy (non-hydrogen) atoms. The normalized spacial score (nSPS) is 26.7. The van der Waals surface area contributed by atoms with Crippen molar-refractivity contribution in [2.24, 2.45) is 17.8 Å².